The summed E-state index contributed by atoms with van der Waals surface area (Å²) in [5, 5.41) is 4.10. The summed E-state index contributed by atoms with van der Waals surface area (Å²) >= 11 is 0. The normalized spacial score (nSPS) is 25.2. The molecule has 1 saturated heterocycles. The number of hydrogen-bond acceptors (Lipinski definition) is 3. The first-order valence-electron chi connectivity index (χ1n) is 8.31. The van der Waals surface area contributed by atoms with Gasteiger partial charge < -0.3 is 9.64 Å². The van der Waals surface area contributed by atoms with Crippen molar-refractivity contribution >= 4 is 5.91 Å². The number of aryl methyl sites for hydroxylation is 1. The standard InChI is InChI=1S/C18H20FN3O2/c1-21-10-13(9-20-21)18(23)22-15-5-2-12(8-15)17(22)11-24-16-6-3-14(19)4-7-16/h3-4,6-7,9-10,12,15,17H,2,5,8,11H2,1H3/t12-,15+,17+/m0/s1. The lowest BCUT2D eigenvalue weighted by molar-refractivity contribution is 0.0505. The fourth-order valence-electron chi connectivity index (χ4n) is 4.02. The van der Waals surface area contributed by atoms with E-state index in [1.165, 1.54) is 12.1 Å². The summed E-state index contributed by atoms with van der Waals surface area (Å²) in [7, 11) is 1.81. The van der Waals surface area contributed by atoms with Gasteiger partial charge in [-0.3, -0.25) is 9.48 Å². The molecule has 1 amide bonds. The van der Waals surface area contributed by atoms with E-state index in [0.29, 0.717) is 29.9 Å². The molecule has 1 aliphatic carbocycles. The number of ether oxygens (including phenoxy) is 1. The van der Waals surface area contributed by atoms with Crippen LogP contribution in [0.4, 0.5) is 4.39 Å². The highest BCUT2D eigenvalue weighted by molar-refractivity contribution is 5.94. The van der Waals surface area contributed by atoms with Crippen LogP contribution in [-0.4, -0.2) is 39.3 Å². The second-order valence-electron chi connectivity index (χ2n) is 6.67. The van der Waals surface area contributed by atoms with E-state index in [2.05, 4.69) is 5.10 Å². The first kappa shape index (κ1) is 15.2. The van der Waals surface area contributed by atoms with Gasteiger partial charge in [-0.2, -0.15) is 5.10 Å². The Kier molecular flexibility index (Phi) is 3.75. The average Bonchev–Trinajstić information content (AvgIpc) is 3.29. The van der Waals surface area contributed by atoms with Crippen molar-refractivity contribution in [3.63, 3.8) is 0 Å². The lowest BCUT2D eigenvalue weighted by Crippen LogP contribution is -2.47. The molecule has 24 heavy (non-hydrogen) atoms. The van der Waals surface area contributed by atoms with Crippen LogP contribution < -0.4 is 4.74 Å². The number of halogens is 1. The molecule has 2 fully saturated rings. The lowest BCUT2D eigenvalue weighted by atomic mass is 9.99. The predicted molar refractivity (Wildman–Crippen MR) is 86.2 cm³/mol. The zero-order valence-corrected chi connectivity index (χ0v) is 13.6. The van der Waals surface area contributed by atoms with Crippen molar-refractivity contribution in [2.45, 2.75) is 31.3 Å². The number of likely N-dealkylation sites (tertiary alicyclic amines) is 1. The number of nitrogens with zero attached hydrogens (tertiary/aromatic N) is 3. The molecule has 4 rings (SSSR count). The van der Waals surface area contributed by atoms with Crippen molar-refractivity contribution in [3.8, 4) is 5.75 Å². The van der Waals surface area contributed by atoms with Gasteiger partial charge >= 0.3 is 0 Å². The quantitative estimate of drug-likeness (QED) is 0.866. The van der Waals surface area contributed by atoms with Crippen molar-refractivity contribution in [1.29, 1.82) is 0 Å². The number of hydrogen-bond donors (Lipinski definition) is 0. The number of carbonyl (C=O) groups is 1. The smallest absolute Gasteiger partial charge is 0.257 e. The van der Waals surface area contributed by atoms with E-state index in [1.54, 1.807) is 29.2 Å². The van der Waals surface area contributed by atoms with Crippen LogP contribution in [0.5, 0.6) is 5.75 Å². The van der Waals surface area contributed by atoms with Crippen LogP contribution in [0.25, 0.3) is 0 Å². The highest BCUT2D eigenvalue weighted by Gasteiger charge is 2.48. The highest BCUT2D eigenvalue weighted by atomic mass is 19.1. The van der Waals surface area contributed by atoms with E-state index in [9.17, 15) is 9.18 Å². The van der Waals surface area contributed by atoms with E-state index in [4.69, 9.17) is 4.74 Å². The molecule has 5 nitrogen and oxygen atoms in total. The molecular weight excluding hydrogens is 309 g/mol. The zero-order chi connectivity index (χ0) is 16.7. The van der Waals surface area contributed by atoms with Crippen molar-refractivity contribution < 1.29 is 13.9 Å². The molecule has 0 radical (unpaired) electrons. The summed E-state index contributed by atoms with van der Waals surface area (Å²) < 4.78 is 20.5. The minimum Gasteiger partial charge on any atom is -0.491 e. The van der Waals surface area contributed by atoms with Crippen LogP contribution in [0.15, 0.2) is 36.7 Å². The van der Waals surface area contributed by atoms with Gasteiger partial charge in [0, 0.05) is 19.3 Å². The second-order valence-corrected chi connectivity index (χ2v) is 6.67. The molecule has 0 N–H and O–H groups in total. The number of benzene rings is 1. The Balaban J connectivity index is 1.50. The molecule has 0 unspecified atom stereocenters. The summed E-state index contributed by atoms with van der Waals surface area (Å²) in [6, 6.07) is 6.38. The van der Waals surface area contributed by atoms with Gasteiger partial charge in [0.2, 0.25) is 0 Å². The molecule has 0 spiro atoms. The van der Waals surface area contributed by atoms with Crippen LogP contribution >= 0.6 is 0 Å². The van der Waals surface area contributed by atoms with E-state index >= 15 is 0 Å². The maximum absolute atomic E-state index is 13.0. The molecule has 2 aromatic rings. The van der Waals surface area contributed by atoms with Gasteiger partial charge in [-0.05, 0) is 49.4 Å². The van der Waals surface area contributed by atoms with Crippen molar-refractivity contribution in [2.75, 3.05) is 6.61 Å². The van der Waals surface area contributed by atoms with Gasteiger partial charge in [-0.25, -0.2) is 4.39 Å². The number of carbonyl (C=O) groups excluding carboxylic acids is 1. The molecule has 2 aliphatic rings. The van der Waals surface area contributed by atoms with Gasteiger partial charge in [0.1, 0.15) is 18.2 Å². The molecule has 3 atom stereocenters. The minimum atomic E-state index is -0.282. The molecule has 2 bridgehead atoms. The summed E-state index contributed by atoms with van der Waals surface area (Å²) in [6.07, 6.45) is 6.62. The number of piperidine rings is 1. The maximum Gasteiger partial charge on any atom is 0.257 e. The van der Waals surface area contributed by atoms with Gasteiger partial charge in [0.15, 0.2) is 0 Å². The molecule has 126 valence electrons. The highest BCUT2D eigenvalue weighted by Crippen LogP contribution is 2.43. The molecule has 2 heterocycles. The number of amides is 1. The van der Waals surface area contributed by atoms with Crippen LogP contribution in [-0.2, 0) is 7.05 Å². The molecule has 1 aliphatic heterocycles. The lowest BCUT2D eigenvalue weighted by Gasteiger charge is -2.35. The molecule has 6 heteroatoms. The largest absolute Gasteiger partial charge is 0.491 e. The third-order valence-electron chi connectivity index (χ3n) is 5.16. The van der Waals surface area contributed by atoms with Crippen LogP contribution in [0.1, 0.15) is 29.6 Å². The average molecular weight is 329 g/mol. The van der Waals surface area contributed by atoms with Gasteiger partial charge in [-0.1, -0.05) is 0 Å². The van der Waals surface area contributed by atoms with Crippen LogP contribution in [0.2, 0.25) is 0 Å². The molecule has 1 saturated carbocycles. The number of fused-ring (bicyclic) bond motifs is 2. The third-order valence-corrected chi connectivity index (χ3v) is 5.16. The zero-order valence-electron chi connectivity index (χ0n) is 13.6. The maximum atomic E-state index is 13.0. The topological polar surface area (TPSA) is 47.4 Å². The Morgan fingerprint density at radius 2 is 2.12 bits per heavy atom. The second kappa shape index (κ2) is 5.92. The molecular formula is C18H20FN3O2. The summed E-state index contributed by atoms with van der Waals surface area (Å²) in [5.41, 5.74) is 0.622. The van der Waals surface area contributed by atoms with E-state index in [0.717, 1.165) is 19.3 Å². The summed E-state index contributed by atoms with van der Waals surface area (Å²) in [6.45, 7) is 0.443. The first-order valence-corrected chi connectivity index (χ1v) is 8.31. The predicted octanol–water partition coefficient (Wildman–Crippen LogP) is 2.63. The fraction of sp³-hybridized carbons (Fsp3) is 0.444. The van der Waals surface area contributed by atoms with E-state index < -0.39 is 0 Å². The van der Waals surface area contributed by atoms with Gasteiger partial charge in [0.25, 0.3) is 5.91 Å². The first-order chi connectivity index (χ1) is 11.6. The summed E-state index contributed by atoms with van der Waals surface area (Å²) in [5.74, 6) is 0.864. The number of aromatic nitrogens is 2. The van der Waals surface area contributed by atoms with Gasteiger partial charge in [0.05, 0.1) is 17.8 Å². The minimum absolute atomic E-state index is 0.0306. The third kappa shape index (κ3) is 2.66. The van der Waals surface area contributed by atoms with Crippen LogP contribution in [0.3, 0.4) is 0 Å². The van der Waals surface area contributed by atoms with E-state index in [1.807, 2.05) is 11.9 Å². The Morgan fingerprint density at radius 1 is 1.33 bits per heavy atom. The van der Waals surface area contributed by atoms with Crippen molar-refractivity contribution in [2.24, 2.45) is 13.0 Å². The Labute approximate surface area is 140 Å². The Hall–Kier alpha value is -2.37. The SMILES string of the molecule is Cn1cc(C(=O)N2[C@@H]3CC[C@@H](C3)[C@H]2COc2ccc(F)cc2)cn1. The van der Waals surface area contributed by atoms with Crippen molar-refractivity contribution in [3.05, 3.63) is 48.0 Å². The molecule has 1 aromatic carbocycles. The summed E-state index contributed by atoms with van der Waals surface area (Å²) in [4.78, 5) is 14.9. The van der Waals surface area contributed by atoms with Crippen molar-refractivity contribution in [1.82, 2.24) is 14.7 Å². The van der Waals surface area contributed by atoms with Crippen LogP contribution in [0, 0.1) is 11.7 Å². The molecule has 1 aromatic heterocycles. The number of rotatable bonds is 4. The monoisotopic (exact) mass is 329 g/mol. The van der Waals surface area contributed by atoms with E-state index in [-0.39, 0.29) is 17.8 Å². The van der Waals surface area contributed by atoms with Gasteiger partial charge in [-0.15, -0.1) is 0 Å². The Bertz CT molecular complexity index is 743. The fourth-order valence-corrected chi connectivity index (χ4v) is 4.02. The Morgan fingerprint density at radius 3 is 2.83 bits per heavy atom.